The van der Waals surface area contributed by atoms with E-state index in [4.69, 9.17) is 4.52 Å². The van der Waals surface area contributed by atoms with E-state index in [0.717, 1.165) is 19.3 Å². The van der Waals surface area contributed by atoms with E-state index in [-0.39, 0.29) is 18.4 Å². The van der Waals surface area contributed by atoms with Crippen LogP contribution >= 0.6 is 0 Å². The molecule has 124 valence electrons. The third kappa shape index (κ3) is 5.87. The fourth-order valence-electron chi connectivity index (χ4n) is 2.06. The van der Waals surface area contributed by atoms with Crippen molar-refractivity contribution in [1.29, 1.82) is 0 Å². The van der Waals surface area contributed by atoms with E-state index >= 15 is 0 Å². The molecule has 0 fully saturated rings. The van der Waals surface area contributed by atoms with Crippen molar-refractivity contribution >= 4 is 17.6 Å². The first-order valence-electron chi connectivity index (χ1n) is 7.76. The Morgan fingerprint density at radius 2 is 2.00 bits per heavy atom. The molecule has 0 bridgehead atoms. The quantitative estimate of drug-likeness (QED) is 0.786. The van der Waals surface area contributed by atoms with Gasteiger partial charge in [-0.05, 0) is 13.3 Å². The Bertz CT molecular complexity index is 503. The van der Waals surface area contributed by atoms with Gasteiger partial charge in [-0.1, -0.05) is 45.7 Å². The van der Waals surface area contributed by atoms with Gasteiger partial charge in [0.15, 0.2) is 5.82 Å². The first-order chi connectivity index (χ1) is 10.2. The Morgan fingerprint density at radius 1 is 1.32 bits per heavy atom. The van der Waals surface area contributed by atoms with E-state index in [2.05, 4.69) is 17.4 Å². The van der Waals surface area contributed by atoms with Crippen LogP contribution in [0.15, 0.2) is 10.6 Å². The predicted molar refractivity (Wildman–Crippen MR) is 85.4 cm³/mol. The molecule has 0 saturated heterocycles. The minimum absolute atomic E-state index is 0.0184. The molecule has 6 heteroatoms. The Balaban J connectivity index is 2.66. The number of aromatic nitrogens is 1. The summed E-state index contributed by atoms with van der Waals surface area (Å²) in [6.45, 7) is 10.1. The van der Waals surface area contributed by atoms with Gasteiger partial charge < -0.3 is 14.7 Å². The van der Waals surface area contributed by atoms with Crippen molar-refractivity contribution in [1.82, 2.24) is 10.1 Å². The Kier molecular flexibility index (Phi) is 6.59. The minimum Gasteiger partial charge on any atom is -0.360 e. The van der Waals surface area contributed by atoms with Crippen LogP contribution in [0, 0.1) is 12.3 Å². The third-order valence-corrected chi connectivity index (χ3v) is 3.19. The number of amides is 2. The van der Waals surface area contributed by atoms with Gasteiger partial charge in [0.2, 0.25) is 11.8 Å². The molecule has 0 aromatic carbocycles. The number of hydrogen-bond acceptors (Lipinski definition) is 4. The largest absolute Gasteiger partial charge is 0.360 e. The van der Waals surface area contributed by atoms with Crippen LogP contribution in [0.5, 0.6) is 0 Å². The van der Waals surface area contributed by atoms with Gasteiger partial charge in [-0.2, -0.15) is 0 Å². The molecular formula is C16H27N3O3. The Morgan fingerprint density at radius 3 is 2.50 bits per heavy atom. The molecule has 1 N–H and O–H groups in total. The lowest BCUT2D eigenvalue weighted by atomic mass is 9.94. The van der Waals surface area contributed by atoms with Crippen molar-refractivity contribution in [3.05, 3.63) is 11.8 Å². The first-order valence-corrected chi connectivity index (χ1v) is 7.76. The SMILES string of the molecule is CCCCCN(CC(=O)Nc1cc(C)on1)C(=O)C(C)(C)C. The summed E-state index contributed by atoms with van der Waals surface area (Å²) in [5.41, 5.74) is -0.503. The highest BCUT2D eigenvalue weighted by molar-refractivity contribution is 5.94. The van der Waals surface area contributed by atoms with Crippen LogP contribution in [0.4, 0.5) is 5.82 Å². The molecule has 0 spiro atoms. The summed E-state index contributed by atoms with van der Waals surface area (Å²) < 4.78 is 4.91. The molecule has 0 aliphatic carbocycles. The molecule has 0 unspecified atom stereocenters. The van der Waals surface area contributed by atoms with Gasteiger partial charge >= 0.3 is 0 Å². The predicted octanol–water partition coefficient (Wildman–Crippen LogP) is 2.99. The van der Waals surface area contributed by atoms with E-state index in [1.165, 1.54) is 0 Å². The number of nitrogens with one attached hydrogen (secondary N) is 1. The summed E-state index contributed by atoms with van der Waals surface area (Å²) in [5.74, 6) is 0.720. The molecule has 1 rings (SSSR count). The lowest BCUT2D eigenvalue weighted by Crippen LogP contribution is -2.44. The molecule has 1 heterocycles. The summed E-state index contributed by atoms with van der Waals surface area (Å²) in [7, 11) is 0. The smallest absolute Gasteiger partial charge is 0.245 e. The second-order valence-electron chi connectivity index (χ2n) is 6.55. The van der Waals surface area contributed by atoms with E-state index < -0.39 is 5.41 Å². The summed E-state index contributed by atoms with van der Waals surface area (Å²) in [6.07, 6.45) is 3.01. The fourth-order valence-corrected chi connectivity index (χ4v) is 2.06. The summed E-state index contributed by atoms with van der Waals surface area (Å²) in [4.78, 5) is 26.2. The minimum atomic E-state index is -0.503. The number of rotatable bonds is 7. The highest BCUT2D eigenvalue weighted by atomic mass is 16.5. The molecular weight excluding hydrogens is 282 g/mol. The lowest BCUT2D eigenvalue weighted by molar-refractivity contribution is -0.141. The lowest BCUT2D eigenvalue weighted by Gasteiger charge is -2.29. The maximum Gasteiger partial charge on any atom is 0.245 e. The van der Waals surface area contributed by atoms with Crippen LogP contribution < -0.4 is 5.32 Å². The van der Waals surface area contributed by atoms with Crippen molar-refractivity contribution in [3.63, 3.8) is 0 Å². The number of carbonyl (C=O) groups excluding carboxylic acids is 2. The van der Waals surface area contributed by atoms with Crippen molar-refractivity contribution in [2.75, 3.05) is 18.4 Å². The monoisotopic (exact) mass is 309 g/mol. The van der Waals surface area contributed by atoms with Crippen LogP contribution in [0.2, 0.25) is 0 Å². The van der Waals surface area contributed by atoms with E-state index in [9.17, 15) is 9.59 Å². The van der Waals surface area contributed by atoms with Crippen LogP contribution in [0.1, 0.15) is 52.7 Å². The van der Waals surface area contributed by atoms with Gasteiger partial charge in [-0.3, -0.25) is 9.59 Å². The maximum atomic E-state index is 12.5. The third-order valence-electron chi connectivity index (χ3n) is 3.19. The van der Waals surface area contributed by atoms with Crippen LogP contribution in [-0.4, -0.2) is 35.0 Å². The van der Waals surface area contributed by atoms with Crippen LogP contribution in [-0.2, 0) is 9.59 Å². The molecule has 1 aromatic heterocycles. The number of anilines is 1. The standard InChI is InChI=1S/C16H27N3O3/c1-6-7-8-9-19(15(21)16(3,4)5)11-14(20)17-13-10-12(2)22-18-13/h10H,6-9,11H2,1-5H3,(H,17,18,20). The molecule has 0 atom stereocenters. The average molecular weight is 309 g/mol. The number of unbranched alkanes of at least 4 members (excludes halogenated alkanes) is 2. The number of nitrogens with zero attached hydrogens (tertiary/aromatic N) is 2. The average Bonchev–Trinajstić information content (AvgIpc) is 2.81. The zero-order valence-electron chi connectivity index (χ0n) is 14.2. The van der Waals surface area contributed by atoms with Gasteiger partial charge in [-0.25, -0.2) is 0 Å². The van der Waals surface area contributed by atoms with E-state index in [0.29, 0.717) is 18.1 Å². The molecule has 2 amide bonds. The second kappa shape index (κ2) is 7.96. The Labute approximate surface area is 132 Å². The zero-order chi connectivity index (χ0) is 16.8. The molecule has 22 heavy (non-hydrogen) atoms. The molecule has 0 saturated carbocycles. The molecule has 0 aliphatic heterocycles. The molecule has 6 nitrogen and oxygen atoms in total. The van der Waals surface area contributed by atoms with Gasteiger partial charge in [0.1, 0.15) is 5.76 Å². The second-order valence-corrected chi connectivity index (χ2v) is 6.55. The van der Waals surface area contributed by atoms with Crippen LogP contribution in [0.25, 0.3) is 0 Å². The zero-order valence-corrected chi connectivity index (χ0v) is 14.2. The van der Waals surface area contributed by atoms with Gasteiger partial charge in [0.05, 0.1) is 6.54 Å². The molecule has 0 radical (unpaired) electrons. The van der Waals surface area contributed by atoms with Gasteiger partial charge in [-0.15, -0.1) is 0 Å². The van der Waals surface area contributed by atoms with Crippen molar-refractivity contribution in [2.45, 2.75) is 53.9 Å². The first kappa shape index (κ1) is 18.2. The molecule has 1 aromatic rings. The molecule has 0 aliphatic rings. The summed E-state index contributed by atoms with van der Waals surface area (Å²) >= 11 is 0. The van der Waals surface area contributed by atoms with Crippen molar-refractivity contribution in [3.8, 4) is 0 Å². The maximum absolute atomic E-state index is 12.5. The summed E-state index contributed by atoms with van der Waals surface area (Å²) in [6, 6.07) is 1.64. The number of hydrogen-bond donors (Lipinski definition) is 1. The summed E-state index contributed by atoms with van der Waals surface area (Å²) in [5, 5.41) is 6.37. The Hall–Kier alpha value is -1.85. The topological polar surface area (TPSA) is 75.4 Å². The van der Waals surface area contributed by atoms with Crippen LogP contribution in [0.3, 0.4) is 0 Å². The van der Waals surface area contributed by atoms with E-state index in [1.807, 2.05) is 20.8 Å². The fraction of sp³-hybridized carbons (Fsp3) is 0.688. The number of carbonyl (C=O) groups is 2. The van der Waals surface area contributed by atoms with Gasteiger partial charge in [0.25, 0.3) is 0 Å². The van der Waals surface area contributed by atoms with Crippen molar-refractivity contribution < 1.29 is 14.1 Å². The highest BCUT2D eigenvalue weighted by Gasteiger charge is 2.28. The normalized spacial score (nSPS) is 11.3. The number of aryl methyl sites for hydroxylation is 1. The van der Waals surface area contributed by atoms with Gasteiger partial charge in [0, 0.05) is 18.0 Å². The van der Waals surface area contributed by atoms with E-state index in [1.54, 1.807) is 17.9 Å². The van der Waals surface area contributed by atoms with Crippen molar-refractivity contribution in [2.24, 2.45) is 5.41 Å². The highest BCUT2D eigenvalue weighted by Crippen LogP contribution is 2.18.